The van der Waals surface area contributed by atoms with Crippen LogP contribution in [-0.2, 0) is 11.2 Å². The van der Waals surface area contributed by atoms with Gasteiger partial charge in [0, 0.05) is 10.6 Å². The van der Waals surface area contributed by atoms with E-state index in [0.717, 1.165) is 4.88 Å². The van der Waals surface area contributed by atoms with E-state index in [1.165, 1.54) is 11.3 Å². The van der Waals surface area contributed by atoms with Crippen LogP contribution in [0.1, 0.15) is 4.88 Å². The summed E-state index contributed by atoms with van der Waals surface area (Å²) in [5.41, 5.74) is 6.16. The van der Waals surface area contributed by atoms with Crippen LogP contribution >= 0.6 is 11.3 Å². The molecule has 1 rings (SSSR count). The molecule has 0 spiro atoms. The van der Waals surface area contributed by atoms with Crippen LogP contribution in [-0.4, -0.2) is 6.29 Å². The monoisotopic (exact) mass is 140 g/mol. The summed E-state index contributed by atoms with van der Waals surface area (Å²) in [5, 5.41) is 1.86. The fourth-order valence-electron chi connectivity index (χ4n) is 0.560. The molecule has 2 nitrogen and oxygen atoms in total. The topological polar surface area (TPSA) is 43.1 Å². The van der Waals surface area contributed by atoms with E-state index >= 15 is 0 Å². The molecule has 0 amide bonds. The molecule has 0 fully saturated rings. The number of carbonyl (C=O) groups excluding carboxylic acids is 1. The Morgan fingerprint density at radius 1 is 1.78 bits per heavy atom. The zero-order valence-corrected chi connectivity index (χ0v) is 5.57. The molecule has 0 saturated heterocycles. The van der Waals surface area contributed by atoms with Crippen LogP contribution in [0.3, 0.4) is 0 Å². The van der Waals surface area contributed by atoms with E-state index in [9.17, 15) is 4.79 Å². The standard InChI is InChI=1S/C6H6NOS/c7-5-2-4-9-6(5)1-3-8/h2,4H,1,7H2. The van der Waals surface area contributed by atoms with E-state index in [1.54, 1.807) is 12.4 Å². The van der Waals surface area contributed by atoms with Crippen LogP contribution in [0.25, 0.3) is 0 Å². The van der Waals surface area contributed by atoms with Crippen LogP contribution < -0.4 is 5.73 Å². The van der Waals surface area contributed by atoms with Crippen molar-refractivity contribution in [3.8, 4) is 0 Å². The molecule has 2 N–H and O–H groups in total. The van der Waals surface area contributed by atoms with Crippen molar-refractivity contribution in [1.29, 1.82) is 0 Å². The molecule has 0 aliphatic rings. The molecule has 0 aliphatic carbocycles. The Hall–Kier alpha value is -0.830. The highest BCUT2D eigenvalue weighted by Gasteiger charge is 1.97. The van der Waals surface area contributed by atoms with Crippen molar-refractivity contribution < 1.29 is 4.79 Å². The van der Waals surface area contributed by atoms with Gasteiger partial charge < -0.3 is 5.73 Å². The zero-order valence-electron chi connectivity index (χ0n) is 4.76. The molecule has 1 aromatic rings. The molecule has 0 bridgehead atoms. The summed E-state index contributed by atoms with van der Waals surface area (Å²) in [5.74, 6) is 0. The Labute approximate surface area is 57.3 Å². The van der Waals surface area contributed by atoms with Crippen molar-refractivity contribution in [2.24, 2.45) is 0 Å². The van der Waals surface area contributed by atoms with Crippen molar-refractivity contribution in [2.75, 3.05) is 5.73 Å². The lowest BCUT2D eigenvalue weighted by Crippen LogP contribution is -1.87. The fourth-order valence-corrected chi connectivity index (χ4v) is 1.29. The van der Waals surface area contributed by atoms with Crippen LogP contribution in [0, 0.1) is 0 Å². The molecule has 0 aliphatic heterocycles. The number of rotatable bonds is 2. The second kappa shape index (κ2) is 2.64. The maximum absolute atomic E-state index is 9.85. The lowest BCUT2D eigenvalue weighted by Gasteiger charge is -1.86. The molecule has 0 aromatic carbocycles. The third kappa shape index (κ3) is 1.29. The lowest BCUT2D eigenvalue weighted by molar-refractivity contribution is 0.555. The van der Waals surface area contributed by atoms with Gasteiger partial charge in [-0.25, -0.2) is 0 Å². The van der Waals surface area contributed by atoms with Crippen LogP contribution in [0.2, 0.25) is 0 Å². The Kier molecular flexibility index (Phi) is 1.85. The van der Waals surface area contributed by atoms with Crippen molar-refractivity contribution in [2.45, 2.75) is 6.42 Å². The number of hydrogen-bond acceptors (Lipinski definition) is 3. The third-order valence-corrected chi connectivity index (χ3v) is 1.95. The summed E-state index contributed by atoms with van der Waals surface area (Å²) >= 11 is 1.49. The average Bonchev–Trinajstić information content (AvgIpc) is 2.18. The first kappa shape index (κ1) is 6.29. The van der Waals surface area contributed by atoms with E-state index in [1.807, 2.05) is 5.38 Å². The molecule has 3 heteroatoms. The molecule has 0 atom stereocenters. The van der Waals surface area contributed by atoms with Gasteiger partial charge in [0.15, 0.2) is 0 Å². The average molecular weight is 140 g/mol. The lowest BCUT2D eigenvalue weighted by atomic mass is 10.3. The second-order valence-electron chi connectivity index (χ2n) is 1.62. The number of thiophene rings is 1. The molecule has 1 radical (unpaired) electrons. The largest absolute Gasteiger partial charge is 0.398 e. The van der Waals surface area contributed by atoms with E-state index in [4.69, 9.17) is 5.73 Å². The van der Waals surface area contributed by atoms with Crippen molar-refractivity contribution >= 4 is 23.3 Å². The van der Waals surface area contributed by atoms with Crippen LogP contribution in [0.4, 0.5) is 5.69 Å². The van der Waals surface area contributed by atoms with Gasteiger partial charge in [0.1, 0.15) is 0 Å². The summed E-state index contributed by atoms with van der Waals surface area (Å²) in [7, 11) is 0. The number of hydrogen-bond donors (Lipinski definition) is 1. The van der Waals surface area contributed by atoms with Gasteiger partial charge >= 0.3 is 0 Å². The van der Waals surface area contributed by atoms with Crippen molar-refractivity contribution in [3.63, 3.8) is 0 Å². The Morgan fingerprint density at radius 2 is 2.56 bits per heavy atom. The molecule has 9 heavy (non-hydrogen) atoms. The van der Waals surface area contributed by atoms with Gasteiger partial charge in [0.2, 0.25) is 6.29 Å². The minimum atomic E-state index is 0.323. The summed E-state index contributed by atoms with van der Waals surface area (Å²) in [6.45, 7) is 0. The summed E-state index contributed by atoms with van der Waals surface area (Å²) in [6, 6.07) is 1.79. The number of nitrogens with two attached hydrogens (primary N) is 1. The van der Waals surface area contributed by atoms with Gasteiger partial charge in [0.25, 0.3) is 0 Å². The maximum atomic E-state index is 9.85. The van der Waals surface area contributed by atoms with Gasteiger partial charge in [0.05, 0.1) is 6.42 Å². The third-order valence-electron chi connectivity index (χ3n) is 1.01. The summed E-state index contributed by atoms with van der Waals surface area (Å²) in [6.07, 6.45) is 2.11. The summed E-state index contributed by atoms with van der Waals surface area (Å²) in [4.78, 5) is 10.8. The van der Waals surface area contributed by atoms with Gasteiger partial charge in [-0.2, -0.15) is 0 Å². The quantitative estimate of drug-likeness (QED) is 0.665. The van der Waals surface area contributed by atoms with E-state index in [2.05, 4.69) is 0 Å². The highest BCUT2D eigenvalue weighted by molar-refractivity contribution is 7.10. The molecule has 0 saturated carbocycles. The fraction of sp³-hybridized carbons (Fsp3) is 0.167. The zero-order chi connectivity index (χ0) is 6.69. The van der Waals surface area contributed by atoms with E-state index < -0.39 is 0 Å². The highest BCUT2D eigenvalue weighted by Crippen LogP contribution is 2.17. The Bertz CT molecular complexity index is 207. The first-order valence-corrected chi connectivity index (χ1v) is 3.39. The maximum Gasteiger partial charge on any atom is 0.204 e. The molecule has 47 valence electrons. The smallest absolute Gasteiger partial charge is 0.204 e. The normalized spacial score (nSPS) is 9.33. The van der Waals surface area contributed by atoms with Crippen LogP contribution in [0.5, 0.6) is 0 Å². The SMILES string of the molecule is Nc1ccsc1C[C]=O. The van der Waals surface area contributed by atoms with Crippen LogP contribution in [0.15, 0.2) is 11.4 Å². The van der Waals surface area contributed by atoms with Gasteiger partial charge in [-0.15, -0.1) is 11.3 Å². The highest BCUT2D eigenvalue weighted by atomic mass is 32.1. The van der Waals surface area contributed by atoms with Gasteiger partial charge in [-0.1, -0.05) is 0 Å². The van der Waals surface area contributed by atoms with E-state index in [0.29, 0.717) is 12.1 Å². The van der Waals surface area contributed by atoms with E-state index in [-0.39, 0.29) is 0 Å². The van der Waals surface area contributed by atoms with Gasteiger partial charge in [-0.3, -0.25) is 4.79 Å². The minimum absolute atomic E-state index is 0.323. The molecule has 1 aromatic heterocycles. The Morgan fingerprint density at radius 3 is 3.00 bits per heavy atom. The van der Waals surface area contributed by atoms with Crippen molar-refractivity contribution in [3.05, 3.63) is 16.3 Å². The first-order chi connectivity index (χ1) is 4.34. The predicted octanol–water partition coefficient (Wildman–Crippen LogP) is 0.983. The first-order valence-electron chi connectivity index (χ1n) is 2.51. The molecule has 0 unspecified atom stereocenters. The number of nitrogen functional groups attached to an aromatic ring is 1. The van der Waals surface area contributed by atoms with Gasteiger partial charge in [-0.05, 0) is 11.4 Å². The summed E-state index contributed by atoms with van der Waals surface area (Å²) < 4.78 is 0. The number of anilines is 1. The second-order valence-corrected chi connectivity index (χ2v) is 2.62. The predicted molar refractivity (Wildman–Crippen MR) is 38.1 cm³/mol. The minimum Gasteiger partial charge on any atom is -0.398 e. The molecular formula is C6H6NOS. The molecular weight excluding hydrogens is 134 g/mol. The molecule has 1 heterocycles. The Balaban J connectivity index is 2.80. The van der Waals surface area contributed by atoms with Crippen molar-refractivity contribution in [1.82, 2.24) is 0 Å².